The Labute approximate surface area is 89.5 Å². The monoisotopic (exact) mass is 206 g/mol. The van der Waals surface area contributed by atoms with Crippen molar-refractivity contribution in [2.45, 2.75) is 19.4 Å². The zero-order valence-electron chi connectivity index (χ0n) is 9.05. The lowest BCUT2D eigenvalue weighted by atomic mass is 9.94. The fraction of sp³-hybridized carbons (Fsp3) is 0.250. The van der Waals surface area contributed by atoms with Crippen LogP contribution in [-0.4, -0.2) is 6.72 Å². The zero-order valence-corrected chi connectivity index (χ0v) is 9.05. The molecule has 0 aliphatic rings. The number of rotatable bonds is 4. The Morgan fingerprint density at radius 1 is 1.33 bits per heavy atom. The van der Waals surface area contributed by atoms with Crippen molar-refractivity contribution in [3.63, 3.8) is 0 Å². The van der Waals surface area contributed by atoms with Crippen molar-refractivity contribution in [1.29, 1.82) is 0 Å². The summed E-state index contributed by atoms with van der Waals surface area (Å²) in [6.07, 6.45) is 0. The van der Waals surface area contributed by atoms with E-state index in [0.29, 0.717) is 5.82 Å². The van der Waals surface area contributed by atoms with E-state index in [1.165, 1.54) is 12.1 Å². The van der Waals surface area contributed by atoms with E-state index in [0.717, 1.165) is 5.56 Å². The lowest BCUT2D eigenvalue weighted by Gasteiger charge is -2.27. The Hall–Kier alpha value is -1.64. The van der Waals surface area contributed by atoms with E-state index in [4.69, 9.17) is 0 Å². The van der Waals surface area contributed by atoms with Gasteiger partial charge in [0, 0.05) is 0 Å². The van der Waals surface area contributed by atoms with Gasteiger partial charge in [-0.2, -0.15) is 0 Å². The third-order valence-corrected chi connectivity index (χ3v) is 2.21. The van der Waals surface area contributed by atoms with Crippen molar-refractivity contribution >= 4 is 6.72 Å². The molecule has 0 spiro atoms. The molecule has 2 nitrogen and oxygen atoms in total. The topological polar surface area (TPSA) is 24.4 Å². The highest BCUT2D eigenvalue weighted by atomic mass is 19.1. The van der Waals surface area contributed by atoms with Gasteiger partial charge in [0.15, 0.2) is 0 Å². The summed E-state index contributed by atoms with van der Waals surface area (Å²) in [5.41, 5.74) is 0.625. The Morgan fingerprint density at radius 3 is 2.33 bits per heavy atom. The lowest BCUT2D eigenvalue weighted by molar-refractivity contribution is 0.447. The molecule has 0 aliphatic heterocycles. The summed E-state index contributed by atoms with van der Waals surface area (Å²) in [6.45, 7) is 11.0. The molecular weight excluding hydrogens is 191 g/mol. The predicted molar refractivity (Wildman–Crippen MR) is 61.3 cm³/mol. The molecule has 1 aromatic rings. The van der Waals surface area contributed by atoms with Crippen molar-refractivity contribution in [3.05, 3.63) is 48.0 Å². The summed E-state index contributed by atoms with van der Waals surface area (Å²) in [5.74, 6) is 0.263. The quantitative estimate of drug-likeness (QED) is 0.753. The van der Waals surface area contributed by atoms with Crippen molar-refractivity contribution in [2.75, 3.05) is 0 Å². The largest absolute Gasteiger partial charge is 0.362 e. The first-order valence-corrected chi connectivity index (χ1v) is 4.65. The fourth-order valence-corrected chi connectivity index (χ4v) is 1.34. The van der Waals surface area contributed by atoms with Gasteiger partial charge in [-0.15, -0.1) is 0 Å². The predicted octanol–water partition coefficient (Wildman–Crippen LogP) is 2.82. The van der Waals surface area contributed by atoms with Crippen molar-refractivity contribution in [3.8, 4) is 0 Å². The van der Waals surface area contributed by atoms with E-state index in [2.05, 4.69) is 23.6 Å². The Balaban J connectivity index is 2.89. The van der Waals surface area contributed by atoms with Crippen LogP contribution in [0.5, 0.6) is 0 Å². The molecule has 0 amide bonds. The van der Waals surface area contributed by atoms with Crippen LogP contribution in [0.2, 0.25) is 0 Å². The fourth-order valence-electron chi connectivity index (χ4n) is 1.34. The van der Waals surface area contributed by atoms with E-state index in [1.54, 1.807) is 12.1 Å². The molecule has 1 rings (SSSR count). The van der Waals surface area contributed by atoms with Crippen molar-refractivity contribution < 1.29 is 4.39 Å². The van der Waals surface area contributed by atoms with Crippen LogP contribution < -0.4 is 5.32 Å². The van der Waals surface area contributed by atoms with Crippen molar-refractivity contribution in [1.82, 2.24) is 5.32 Å². The number of hydrogen-bond acceptors (Lipinski definition) is 2. The van der Waals surface area contributed by atoms with Crippen LogP contribution in [0.3, 0.4) is 0 Å². The molecule has 0 aliphatic carbocycles. The lowest BCUT2D eigenvalue weighted by Crippen LogP contribution is -2.34. The van der Waals surface area contributed by atoms with Gasteiger partial charge >= 0.3 is 0 Å². The molecule has 0 heterocycles. The molecule has 1 N–H and O–H groups in total. The van der Waals surface area contributed by atoms with Gasteiger partial charge in [-0.1, -0.05) is 18.7 Å². The molecule has 0 saturated heterocycles. The van der Waals surface area contributed by atoms with E-state index in [1.807, 2.05) is 13.8 Å². The number of aliphatic imine (C=N–C) groups is 1. The van der Waals surface area contributed by atoms with E-state index in [-0.39, 0.29) is 11.4 Å². The SMILES string of the molecule is C=NC(=C)NC(C)(C)c1ccc(F)cc1. The number of nitrogens with one attached hydrogen (secondary N) is 1. The maximum atomic E-state index is 12.7. The van der Waals surface area contributed by atoms with E-state index < -0.39 is 0 Å². The third kappa shape index (κ3) is 2.91. The van der Waals surface area contributed by atoms with Crippen molar-refractivity contribution in [2.24, 2.45) is 4.99 Å². The van der Waals surface area contributed by atoms with Crippen LogP contribution in [0.4, 0.5) is 4.39 Å². The normalized spacial score (nSPS) is 10.9. The molecule has 1 aromatic carbocycles. The zero-order chi connectivity index (χ0) is 11.5. The van der Waals surface area contributed by atoms with Gasteiger partial charge in [-0.25, -0.2) is 9.38 Å². The molecule has 0 saturated carbocycles. The second kappa shape index (κ2) is 4.26. The first-order valence-electron chi connectivity index (χ1n) is 4.65. The molecule has 0 fully saturated rings. The number of benzene rings is 1. The summed E-state index contributed by atoms with van der Waals surface area (Å²) < 4.78 is 12.7. The highest BCUT2D eigenvalue weighted by Gasteiger charge is 2.19. The average molecular weight is 206 g/mol. The minimum absolute atomic E-state index is 0.241. The molecular formula is C12H15FN2. The standard InChI is InChI=1S/C12H15FN2/c1-9(14-4)15-12(2,3)10-5-7-11(13)8-6-10/h5-8,15H,1,4H2,2-3H3. The maximum Gasteiger partial charge on any atom is 0.123 e. The van der Waals surface area contributed by atoms with E-state index >= 15 is 0 Å². The maximum absolute atomic E-state index is 12.7. The second-order valence-corrected chi connectivity index (χ2v) is 3.86. The molecule has 0 radical (unpaired) electrons. The molecule has 3 heteroatoms. The minimum Gasteiger partial charge on any atom is -0.362 e. The van der Waals surface area contributed by atoms with Gasteiger partial charge < -0.3 is 5.32 Å². The van der Waals surface area contributed by atoms with Gasteiger partial charge in [0.2, 0.25) is 0 Å². The van der Waals surface area contributed by atoms with Crippen LogP contribution in [-0.2, 0) is 5.54 Å². The molecule has 0 bridgehead atoms. The summed E-state index contributed by atoms with van der Waals surface area (Å²) in [6, 6.07) is 6.34. The number of nitrogens with zero attached hydrogens (tertiary/aromatic N) is 1. The summed E-state index contributed by atoms with van der Waals surface area (Å²) in [5, 5.41) is 3.10. The molecule has 0 atom stereocenters. The first-order chi connectivity index (χ1) is 6.95. The summed E-state index contributed by atoms with van der Waals surface area (Å²) >= 11 is 0. The minimum atomic E-state index is -0.341. The van der Waals surface area contributed by atoms with Gasteiger partial charge in [0.25, 0.3) is 0 Å². The summed E-state index contributed by atoms with van der Waals surface area (Å²) in [4.78, 5) is 3.69. The molecule has 0 unspecified atom stereocenters. The Bertz CT molecular complexity index is 366. The van der Waals surface area contributed by atoms with Gasteiger partial charge in [-0.05, 0) is 38.3 Å². The first kappa shape index (κ1) is 11.4. The Morgan fingerprint density at radius 2 is 1.87 bits per heavy atom. The summed E-state index contributed by atoms with van der Waals surface area (Å²) in [7, 11) is 0. The average Bonchev–Trinajstić information content (AvgIpc) is 2.17. The molecule has 15 heavy (non-hydrogen) atoms. The van der Waals surface area contributed by atoms with Crippen LogP contribution in [0.15, 0.2) is 41.7 Å². The smallest absolute Gasteiger partial charge is 0.123 e. The molecule has 80 valence electrons. The van der Waals surface area contributed by atoms with Gasteiger partial charge in [0.05, 0.1) is 5.54 Å². The second-order valence-electron chi connectivity index (χ2n) is 3.86. The van der Waals surface area contributed by atoms with Gasteiger partial charge in [0.1, 0.15) is 11.6 Å². The highest BCUT2D eigenvalue weighted by Crippen LogP contribution is 2.21. The number of halogens is 1. The third-order valence-electron chi connectivity index (χ3n) is 2.21. The van der Waals surface area contributed by atoms with Gasteiger partial charge in [-0.3, -0.25) is 0 Å². The van der Waals surface area contributed by atoms with Crippen LogP contribution >= 0.6 is 0 Å². The highest BCUT2D eigenvalue weighted by molar-refractivity contribution is 5.29. The van der Waals surface area contributed by atoms with Crippen LogP contribution in [0.1, 0.15) is 19.4 Å². The van der Waals surface area contributed by atoms with Crippen LogP contribution in [0, 0.1) is 5.82 Å². The number of hydrogen-bond donors (Lipinski definition) is 1. The van der Waals surface area contributed by atoms with Crippen LogP contribution in [0.25, 0.3) is 0 Å². The molecule has 0 aromatic heterocycles. The Kier molecular flexibility index (Phi) is 3.24. The van der Waals surface area contributed by atoms with E-state index in [9.17, 15) is 4.39 Å².